The predicted octanol–water partition coefficient (Wildman–Crippen LogP) is 3.12. The van der Waals surface area contributed by atoms with Crippen LogP contribution in [0.4, 0.5) is 8.78 Å². The van der Waals surface area contributed by atoms with Crippen molar-refractivity contribution >= 4 is 23.4 Å². The van der Waals surface area contributed by atoms with Crippen LogP contribution in [0, 0.1) is 11.6 Å². The van der Waals surface area contributed by atoms with Crippen molar-refractivity contribution < 1.29 is 27.8 Å². The van der Waals surface area contributed by atoms with Gasteiger partial charge in [-0.15, -0.1) is 0 Å². The Morgan fingerprint density at radius 3 is 2.29 bits per heavy atom. The molecule has 2 amide bonds. The van der Waals surface area contributed by atoms with Crippen LogP contribution < -0.4 is 15.4 Å². The zero-order chi connectivity index (χ0) is 22.1. The fourth-order valence-electron chi connectivity index (χ4n) is 4.32. The molecule has 6 nitrogen and oxygen atoms in total. The highest BCUT2D eigenvalue weighted by atomic mass is 35.5. The molecule has 0 spiro atoms. The lowest BCUT2D eigenvalue weighted by molar-refractivity contribution is -0.152. The number of carbonyl (C=O) groups excluding carboxylic acids is 2. The lowest BCUT2D eigenvalue weighted by atomic mass is 9.44. The van der Waals surface area contributed by atoms with Crippen LogP contribution in [-0.4, -0.2) is 36.1 Å². The monoisotopic (exact) mass is 450 g/mol. The van der Waals surface area contributed by atoms with Gasteiger partial charge < -0.3 is 20.1 Å². The van der Waals surface area contributed by atoms with Crippen LogP contribution in [-0.2, 0) is 20.9 Å². The summed E-state index contributed by atoms with van der Waals surface area (Å²) in [6.07, 6.45) is 1.91. The van der Waals surface area contributed by atoms with Crippen molar-refractivity contribution in [2.45, 2.75) is 36.9 Å². The third-order valence-corrected chi connectivity index (χ3v) is 5.80. The Balaban J connectivity index is 1.14. The van der Waals surface area contributed by atoms with Crippen LogP contribution in [0.3, 0.4) is 0 Å². The predicted molar refractivity (Wildman–Crippen MR) is 109 cm³/mol. The summed E-state index contributed by atoms with van der Waals surface area (Å²) in [5, 5.41) is 5.85. The molecular weight excluding hydrogens is 430 g/mol. The van der Waals surface area contributed by atoms with Crippen LogP contribution in [0.2, 0.25) is 5.02 Å². The van der Waals surface area contributed by atoms with Gasteiger partial charge in [0.05, 0.1) is 11.6 Å². The molecule has 3 aliphatic rings. The highest BCUT2D eigenvalue weighted by molar-refractivity contribution is 6.30. The average Bonchev–Trinajstić information content (AvgIpc) is 2.66. The van der Waals surface area contributed by atoms with E-state index < -0.39 is 5.82 Å². The first-order valence-corrected chi connectivity index (χ1v) is 10.2. The Morgan fingerprint density at radius 2 is 1.65 bits per heavy atom. The normalized spacial score (nSPS) is 23.3. The topological polar surface area (TPSA) is 76.7 Å². The smallest absolute Gasteiger partial charge is 0.258 e. The van der Waals surface area contributed by atoms with Gasteiger partial charge in [0.1, 0.15) is 24.0 Å². The molecule has 0 aliphatic heterocycles. The van der Waals surface area contributed by atoms with E-state index >= 15 is 0 Å². The van der Waals surface area contributed by atoms with E-state index in [0.717, 1.165) is 6.07 Å². The van der Waals surface area contributed by atoms with Crippen molar-refractivity contribution in [2.24, 2.45) is 0 Å². The molecule has 164 valence electrons. The number of ether oxygens (including phenoxy) is 2. The number of carbonyl (C=O) groups is 2. The van der Waals surface area contributed by atoms with Gasteiger partial charge in [0.15, 0.2) is 6.61 Å². The summed E-state index contributed by atoms with van der Waals surface area (Å²) in [6, 6.07) is 9.98. The van der Waals surface area contributed by atoms with Crippen molar-refractivity contribution in [3.63, 3.8) is 0 Å². The summed E-state index contributed by atoms with van der Waals surface area (Å²) in [7, 11) is 0. The second-order valence-corrected chi connectivity index (χ2v) is 8.58. The molecule has 3 saturated carbocycles. The minimum Gasteiger partial charge on any atom is -0.484 e. The lowest BCUT2D eigenvalue weighted by Crippen LogP contribution is -2.84. The molecule has 3 aliphatic carbocycles. The minimum atomic E-state index is -0.614. The highest BCUT2D eigenvalue weighted by Crippen LogP contribution is 2.60. The van der Waals surface area contributed by atoms with E-state index in [2.05, 4.69) is 10.6 Å². The van der Waals surface area contributed by atoms with E-state index in [1.54, 1.807) is 12.1 Å². The van der Waals surface area contributed by atoms with E-state index in [9.17, 15) is 18.4 Å². The maximum atomic E-state index is 13.4. The Hall–Kier alpha value is -2.71. The number of rotatable bonds is 9. The quantitative estimate of drug-likeness (QED) is 0.615. The summed E-state index contributed by atoms with van der Waals surface area (Å²) in [5.74, 6) is -1.30. The van der Waals surface area contributed by atoms with Crippen molar-refractivity contribution in [3.8, 4) is 5.75 Å². The maximum absolute atomic E-state index is 13.4. The molecule has 0 heterocycles. The first kappa shape index (κ1) is 21.5. The molecule has 31 heavy (non-hydrogen) atoms. The molecule has 9 heteroatoms. The zero-order valence-corrected chi connectivity index (χ0v) is 17.3. The highest BCUT2D eigenvalue weighted by Gasteiger charge is 2.69. The van der Waals surface area contributed by atoms with E-state index in [0.29, 0.717) is 24.8 Å². The molecule has 0 unspecified atom stereocenters. The molecule has 2 N–H and O–H groups in total. The molecule has 2 aromatic rings. The standard InChI is InChI=1S/C22H21ClF2N2O4/c23-17-5-4-16(7-18(17)25)31-10-20(29)27-22-11-21(12-22,13-22)26-19(28)9-30-8-14-2-1-3-15(24)6-14/h1-7H,8-13H2,(H,26,28)(H,27,29). The Kier molecular flexibility index (Phi) is 5.85. The van der Waals surface area contributed by atoms with E-state index in [4.69, 9.17) is 21.1 Å². The van der Waals surface area contributed by atoms with E-state index in [-0.39, 0.29) is 59.3 Å². The lowest BCUT2D eigenvalue weighted by Gasteiger charge is -2.70. The minimum absolute atomic E-state index is 0.0163. The number of hydrogen-bond acceptors (Lipinski definition) is 4. The summed E-state index contributed by atoms with van der Waals surface area (Å²) in [4.78, 5) is 24.3. The maximum Gasteiger partial charge on any atom is 0.258 e. The van der Waals surface area contributed by atoms with Gasteiger partial charge in [0.25, 0.3) is 5.91 Å². The Labute approximate surface area is 182 Å². The van der Waals surface area contributed by atoms with E-state index in [1.807, 2.05) is 0 Å². The van der Waals surface area contributed by atoms with Gasteiger partial charge in [0, 0.05) is 17.1 Å². The largest absolute Gasteiger partial charge is 0.484 e. The van der Waals surface area contributed by atoms with Crippen LogP contribution in [0.25, 0.3) is 0 Å². The fourth-order valence-corrected chi connectivity index (χ4v) is 4.44. The van der Waals surface area contributed by atoms with Gasteiger partial charge in [-0.2, -0.15) is 0 Å². The van der Waals surface area contributed by atoms with Gasteiger partial charge in [-0.05, 0) is 49.1 Å². The average molecular weight is 451 g/mol. The number of amides is 2. The van der Waals surface area contributed by atoms with Crippen LogP contribution in [0.15, 0.2) is 42.5 Å². The summed E-state index contributed by atoms with van der Waals surface area (Å²) < 4.78 is 37.2. The van der Waals surface area contributed by atoms with Crippen molar-refractivity contribution in [1.82, 2.24) is 10.6 Å². The molecule has 0 radical (unpaired) electrons. The summed E-state index contributed by atoms with van der Waals surface area (Å²) >= 11 is 5.61. The number of benzene rings is 2. The molecule has 0 atom stereocenters. The molecule has 0 aromatic heterocycles. The first-order valence-electron chi connectivity index (χ1n) is 9.79. The van der Waals surface area contributed by atoms with Gasteiger partial charge >= 0.3 is 0 Å². The Bertz CT molecular complexity index is 997. The first-order chi connectivity index (χ1) is 14.8. The van der Waals surface area contributed by atoms with Crippen LogP contribution in [0.5, 0.6) is 5.75 Å². The van der Waals surface area contributed by atoms with Crippen molar-refractivity contribution in [2.75, 3.05) is 13.2 Å². The number of nitrogens with one attached hydrogen (secondary N) is 2. The number of hydrogen-bond donors (Lipinski definition) is 2. The van der Waals surface area contributed by atoms with E-state index in [1.165, 1.54) is 24.3 Å². The molecule has 5 rings (SSSR count). The summed E-state index contributed by atoms with van der Waals surface area (Å²) in [5.41, 5.74) is 0.0113. The third kappa shape index (κ3) is 4.97. The molecule has 0 saturated heterocycles. The second kappa shape index (κ2) is 8.43. The second-order valence-electron chi connectivity index (χ2n) is 8.17. The molecular formula is C22H21ClF2N2O4. The van der Waals surface area contributed by atoms with Gasteiger partial charge in [-0.25, -0.2) is 8.78 Å². The van der Waals surface area contributed by atoms with Gasteiger partial charge in [-0.1, -0.05) is 23.7 Å². The van der Waals surface area contributed by atoms with Gasteiger partial charge in [-0.3, -0.25) is 9.59 Å². The molecule has 2 bridgehead atoms. The van der Waals surface area contributed by atoms with Gasteiger partial charge in [0.2, 0.25) is 5.91 Å². The molecule has 2 aromatic carbocycles. The molecule has 3 fully saturated rings. The van der Waals surface area contributed by atoms with Crippen LogP contribution >= 0.6 is 11.6 Å². The van der Waals surface area contributed by atoms with Crippen molar-refractivity contribution in [3.05, 3.63) is 64.7 Å². The third-order valence-electron chi connectivity index (χ3n) is 5.49. The van der Waals surface area contributed by atoms with Crippen molar-refractivity contribution in [1.29, 1.82) is 0 Å². The number of halogens is 3. The summed E-state index contributed by atoms with van der Waals surface area (Å²) in [6.45, 7) is -0.213. The fraction of sp³-hybridized carbons (Fsp3) is 0.364. The Morgan fingerprint density at radius 1 is 0.968 bits per heavy atom. The zero-order valence-electron chi connectivity index (χ0n) is 16.6. The SMILES string of the molecule is O=C(COCc1cccc(F)c1)NC12CC(NC(=O)COc3ccc(Cl)c(F)c3)(C1)C2. The van der Waals surface area contributed by atoms with Crippen LogP contribution in [0.1, 0.15) is 24.8 Å².